The summed E-state index contributed by atoms with van der Waals surface area (Å²) in [5.41, 5.74) is 3.25. The van der Waals surface area contributed by atoms with Crippen LogP contribution in [0.4, 0.5) is 11.4 Å². The van der Waals surface area contributed by atoms with Crippen molar-refractivity contribution in [1.82, 2.24) is 0 Å². The van der Waals surface area contributed by atoms with Crippen molar-refractivity contribution in [3.05, 3.63) is 77.9 Å². The molecule has 0 saturated carbocycles. The van der Waals surface area contributed by atoms with Gasteiger partial charge in [-0.1, -0.05) is 18.2 Å². The second kappa shape index (κ2) is 7.92. The van der Waals surface area contributed by atoms with Crippen molar-refractivity contribution >= 4 is 17.3 Å². The Balaban J connectivity index is 1.37. The Kier molecular flexibility index (Phi) is 5.01. The number of hydrogen-bond donors (Lipinski definition) is 2. The van der Waals surface area contributed by atoms with Crippen LogP contribution in [0.25, 0.3) is 0 Å². The van der Waals surface area contributed by atoms with Crippen LogP contribution in [0.2, 0.25) is 0 Å². The number of rotatable bonds is 6. The molecule has 0 radical (unpaired) electrons. The molecule has 0 aliphatic carbocycles. The third-order valence-corrected chi connectivity index (χ3v) is 4.45. The van der Waals surface area contributed by atoms with E-state index >= 15 is 0 Å². The molecule has 142 valence electrons. The first-order valence-corrected chi connectivity index (χ1v) is 8.90. The summed E-state index contributed by atoms with van der Waals surface area (Å²) in [6.45, 7) is 0.830. The molecule has 0 unspecified atom stereocenters. The lowest BCUT2D eigenvalue weighted by molar-refractivity contribution is 0.102. The predicted octanol–water partition coefficient (Wildman–Crippen LogP) is 4.29. The standard InChI is InChI=1S/C22H20N2O4/c1-26-19-5-3-2-4-16(19)13-23-17-7-9-18(10-8-17)24-22(25)15-6-11-20-21(12-15)28-14-27-20/h2-12,23H,13-14H2,1H3,(H,24,25). The first kappa shape index (κ1) is 17.7. The molecule has 4 rings (SSSR count). The van der Waals surface area contributed by atoms with Gasteiger partial charge in [0.15, 0.2) is 11.5 Å². The van der Waals surface area contributed by atoms with Gasteiger partial charge in [0.2, 0.25) is 6.79 Å². The van der Waals surface area contributed by atoms with Crippen molar-refractivity contribution in [2.45, 2.75) is 6.54 Å². The Bertz CT molecular complexity index is 986. The van der Waals surface area contributed by atoms with Gasteiger partial charge in [0.1, 0.15) is 5.75 Å². The van der Waals surface area contributed by atoms with Crippen molar-refractivity contribution in [1.29, 1.82) is 0 Å². The van der Waals surface area contributed by atoms with Crippen molar-refractivity contribution in [3.63, 3.8) is 0 Å². The number of carbonyl (C=O) groups excluding carboxylic acids is 1. The van der Waals surface area contributed by atoms with E-state index in [-0.39, 0.29) is 12.7 Å². The van der Waals surface area contributed by atoms with Crippen LogP contribution in [-0.2, 0) is 6.54 Å². The highest BCUT2D eigenvalue weighted by Gasteiger charge is 2.16. The normalized spacial score (nSPS) is 11.8. The number of benzene rings is 3. The molecule has 0 fully saturated rings. The van der Waals surface area contributed by atoms with Gasteiger partial charge < -0.3 is 24.8 Å². The Morgan fingerprint density at radius 3 is 2.54 bits per heavy atom. The zero-order valence-corrected chi connectivity index (χ0v) is 15.4. The van der Waals surface area contributed by atoms with E-state index in [9.17, 15) is 4.79 Å². The number of anilines is 2. The molecule has 3 aromatic carbocycles. The van der Waals surface area contributed by atoms with E-state index in [0.29, 0.717) is 29.3 Å². The summed E-state index contributed by atoms with van der Waals surface area (Å²) in [5, 5.41) is 6.24. The zero-order chi connectivity index (χ0) is 19.3. The van der Waals surface area contributed by atoms with Crippen molar-refractivity contribution in [3.8, 4) is 17.2 Å². The van der Waals surface area contributed by atoms with E-state index in [1.165, 1.54) is 0 Å². The SMILES string of the molecule is COc1ccccc1CNc1ccc(NC(=O)c2ccc3c(c2)OCO3)cc1. The minimum atomic E-state index is -0.201. The zero-order valence-electron chi connectivity index (χ0n) is 15.4. The van der Waals surface area contributed by atoms with Gasteiger partial charge in [-0.05, 0) is 48.5 Å². The Hall–Kier alpha value is -3.67. The molecule has 1 aliphatic heterocycles. The van der Waals surface area contributed by atoms with Crippen LogP contribution in [-0.4, -0.2) is 19.8 Å². The highest BCUT2D eigenvalue weighted by atomic mass is 16.7. The van der Waals surface area contributed by atoms with Gasteiger partial charge >= 0.3 is 0 Å². The van der Waals surface area contributed by atoms with Crippen LogP contribution >= 0.6 is 0 Å². The second-order valence-corrected chi connectivity index (χ2v) is 6.26. The maximum Gasteiger partial charge on any atom is 0.255 e. The molecule has 6 heteroatoms. The van der Waals surface area contributed by atoms with Crippen molar-refractivity contribution in [2.24, 2.45) is 0 Å². The van der Waals surface area contributed by atoms with Crippen LogP contribution < -0.4 is 24.8 Å². The number of para-hydroxylation sites is 1. The van der Waals surface area contributed by atoms with Gasteiger partial charge in [-0.15, -0.1) is 0 Å². The maximum absolute atomic E-state index is 12.4. The quantitative estimate of drug-likeness (QED) is 0.672. The van der Waals surface area contributed by atoms with E-state index in [0.717, 1.165) is 17.0 Å². The van der Waals surface area contributed by atoms with Gasteiger partial charge in [-0.3, -0.25) is 4.79 Å². The first-order valence-electron chi connectivity index (χ1n) is 8.90. The Morgan fingerprint density at radius 1 is 0.964 bits per heavy atom. The molecule has 0 saturated heterocycles. The average molecular weight is 376 g/mol. The number of fused-ring (bicyclic) bond motifs is 1. The summed E-state index contributed by atoms with van der Waals surface area (Å²) >= 11 is 0. The Labute approximate surface area is 163 Å². The monoisotopic (exact) mass is 376 g/mol. The molecule has 2 N–H and O–H groups in total. The van der Waals surface area contributed by atoms with Crippen LogP contribution in [0.1, 0.15) is 15.9 Å². The topological polar surface area (TPSA) is 68.8 Å². The minimum Gasteiger partial charge on any atom is -0.496 e. The molecular weight excluding hydrogens is 356 g/mol. The van der Waals surface area contributed by atoms with Crippen LogP contribution in [0.3, 0.4) is 0 Å². The molecule has 1 aliphatic rings. The highest BCUT2D eigenvalue weighted by molar-refractivity contribution is 6.04. The van der Waals surface area contributed by atoms with Crippen LogP contribution in [0, 0.1) is 0 Å². The van der Waals surface area contributed by atoms with E-state index in [2.05, 4.69) is 10.6 Å². The molecule has 1 heterocycles. The predicted molar refractivity (Wildman–Crippen MR) is 107 cm³/mol. The third-order valence-electron chi connectivity index (χ3n) is 4.45. The van der Waals surface area contributed by atoms with Gasteiger partial charge in [0, 0.05) is 29.0 Å². The first-order chi connectivity index (χ1) is 13.7. The molecule has 0 atom stereocenters. The fraction of sp³-hybridized carbons (Fsp3) is 0.136. The third kappa shape index (κ3) is 3.86. The van der Waals surface area contributed by atoms with Gasteiger partial charge in [-0.25, -0.2) is 0 Å². The fourth-order valence-electron chi connectivity index (χ4n) is 2.96. The number of carbonyl (C=O) groups is 1. The average Bonchev–Trinajstić information content (AvgIpc) is 3.21. The van der Waals surface area contributed by atoms with Crippen LogP contribution in [0.15, 0.2) is 66.7 Å². The Morgan fingerprint density at radius 2 is 1.71 bits per heavy atom. The molecule has 1 amide bonds. The largest absolute Gasteiger partial charge is 0.496 e. The van der Waals surface area contributed by atoms with Gasteiger partial charge in [0.25, 0.3) is 5.91 Å². The fourth-order valence-corrected chi connectivity index (χ4v) is 2.96. The maximum atomic E-state index is 12.4. The number of nitrogens with one attached hydrogen (secondary N) is 2. The van der Waals surface area contributed by atoms with Crippen LogP contribution in [0.5, 0.6) is 17.2 Å². The summed E-state index contributed by atoms with van der Waals surface area (Å²) in [7, 11) is 1.66. The summed E-state index contributed by atoms with van der Waals surface area (Å²) in [6, 6.07) is 20.6. The summed E-state index contributed by atoms with van der Waals surface area (Å²) in [5.74, 6) is 1.89. The number of hydrogen-bond acceptors (Lipinski definition) is 5. The molecular formula is C22H20N2O4. The molecule has 28 heavy (non-hydrogen) atoms. The summed E-state index contributed by atoms with van der Waals surface area (Å²) in [4.78, 5) is 12.4. The van der Waals surface area contributed by atoms with Crippen molar-refractivity contribution < 1.29 is 19.0 Å². The van der Waals surface area contributed by atoms with Gasteiger partial charge in [0.05, 0.1) is 7.11 Å². The van der Waals surface area contributed by atoms with E-state index in [1.807, 2.05) is 48.5 Å². The van der Waals surface area contributed by atoms with E-state index in [1.54, 1.807) is 25.3 Å². The lowest BCUT2D eigenvalue weighted by Crippen LogP contribution is -2.11. The van der Waals surface area contributed by atoms with E-state index in [4.69, 9.17) is 14.2 Å². The summed E-state index contributed by atoms with van der Waals surface area (Å²) in [6.07, 6.45) is 0. The second-order valence-electron chi connectivity index (χ2n) is 6.26. The molecule has 0 spiro atoms. The van der Waals surface area contributed by atoms with Gasteiger partial charge in [-0.2, -0.15) is 0 Å². The lowest BCUT2D eigenvalue weighted by atomic mass is 10.1. The van der Waals surface area contributed by atoms with E-state index < -0.39 is 0 Å². The minimum absolute atomic E-state index is 0.184. The smallest absolute Gasteiger partial charge is 0.255 e. The lowest BCUT2D eigenvalue weighted by Gasteiger charge is -2.11. The number of amides is 1. The molecule has 6 nitrogen and oxygen atoms in total. The highest BCUT2D eigenvalue weighted by Crippen LogP contribution is 2.32. The molecule has 0 aromatic heterocycles. The molecule has 0 bridgehead atoms. The van der Waals surface area contributed by atoms with Crippen molar-refractivity contribution in [2.75, 3.05) is 24.5 Å². The molecule has 3 aromatic rings. The number of methoxy groups -OCH3 is 1. The summed E-state index contributed by atoms with van der Waals surface area (Å²) < 4.78 is 15.9. The number of ether oxygens (including phenoxy) is 3.